The van der Waals surface area contributed by atoms with Gasteiger partial charge in [0, 0.05) is 33.6 Å². The third-order valence-electron chi connectivity index (χ3n) is 6.48. The highest BCUT2D eigenvalue weighted by molar-refractivity contribution is 7.12. The average Bonchev–Trinajstić information content (AvgIpc) is 3.42. The van der Waals surface area contributed by atoms with Gasteiger partial charge < -0.3 is 20.5 Å². The molecule has 0 aliphatic heterocycles. The molecule has 0 aromatic carbocycles. The molecule has 1 saturated carbocycles. The second kappa shape index (κ2) is 6.57. The summed E-state index contributed by atoms with van der Waals surface area (Å²) in [6, 6.07) is 2.42. The maximum atomic E-state index is 12.9. The van der Waals surface area contributed by atoms with Gasteiger partial charge in [-0.05, 0) is 62.7 Å². The van der Waals surface area contributed by atoms with Crippen molar-refractivity contribution in [2.24, 2.45) is 5.73 Å². The minimum Gasteiger partial charge on any atom is -0.477 e. The molecule has 2 aromatic rings. The van der Waals surface area contributed by atoms with Crippen molar-refractivity contribution in [3.05, 3.63) is 53.9 Å². The Balaban J connectivity index is 1.75. The Morgan fingerprint density at radius 2 is 2.07 bits per heavy atom. The number of aromatic nitrogens is 1. The van der Waals surface area contributed by atoms with E-state index in [1.807, 2.05) is 11.5 Å². The quantitative estimate of drug-likeness (QED) is 0.712. The fourth-order valence-corrected chi connectivity index (χ4v) is 6.21. The first kappa shape index (κ1) is 18.6. The highest BCUT2D eigenvalue weighted by Crippen LogP contribution is 2.43. The van der Waals surface area contributed by atoms with Crippen LogP contribution in [0.1, 0.15) is 82.8 Å². The number of hydrogen-bond acceptors (Lipinski definition) is 5. The molecule has 2 atom stereocenters. The molecule has 7 heteroatoms. The summed E-state index contributed by atoms with van der Waals surface area (Å²) in [5.41, 5.74) is 8.45. The molecule has 0 saturated heterocycles. The summed E-state index contributed by atoms with van der Waals surface area (Å²) in [7, 11) is 0. The van der Waals surface area contributed by atoms with Crippen LogP contribution in [0.5, 0.6) is 0 Å². The van der Waals surface area contributed by atoms with Crippen molar-refractivity contribution in [1.29, 1.82) is 0 Å². The molecule has 3 aliphatic carbocycles. The first-order valence-electron chi connectivity index (χ1n) is 10.1. The fraction of sp³-hybridized carbons (Fsp3) is 0.455. The maximum absolute atomic E-state index is 12.9. The summed E-state index contributed by atoms with van der Waals surface area (Å²) in [6.45, 7) is 2.03. The van der Waals surface area contributed by atoms with Crippen molar-refractivity contribution in [2.75, 3.05) is 0 Å². The molecule has 0 bridgehead atoms. The average molecular weight is 413 g/mol. The third kappa shape index (κ3) is 2.87. The van der Waals surface area contributed by atoms with Crippen molar-refractivity contribution in [3.63, 3.8) is 0 Å². The molecule has 2 unspecified atom stereocenters. The molecule has 29 heavy (non-hydrogen) atoms. The largest absolute Gasteiger partial charge is 0.477 e. The van der Waals surface area contributed by atoms with Crippen LogP contribution < -0.4 is 21.7 Å². The van der Waals surface area contributed by atoms with E-state index in [-0.39, 0.29) is 17.5 Å². The zero-order valence-electron chi connectivity index (χ0n) is 16.3. The van der Waals surface area contributed by atoms with Gasteiger partial charge in [-0.1, -0.05) is 0 Å². The van der Waals surface area contributed by atoms with E-state index in [4.69, 9.17) is 5.73 Å². The van der Waals surface area contributed by atoms with Gasteiger partial charge in [0.05, 0.1) is 16.7 Å². The standard InChI is InChI=1S/C22H24N2O4S/c1-10-13(17-7-11-3-2-4-16(25)21(11)29-17)8-15(23)18-19(10)24(12-5-6-12)9-14(20(18)26)22(27)28/h7,9,12-13,16,25H,2-6,8,23H2,1H3,(H,27,28). The van der Waals surface area contributed by atoms with Crippen LogP contribution >= 0.6 is 11.3 Å². The normalized spacial score (nSPS) is 23.7. The van der Waals surface area contributed by atoms with Crippen molar-refractivity contribution in [2.45, 2.75) is 63.5 Å². The first-order chi connectivity index (χ1) is 13.9. The van der Waals surface area contributed by atoms with Gasteiger partial charge in [-0.25, -0.2) is 4.79 Å². The van der Waals surface area contributed by atoms with Gasteiger partial charge in [0.2, 0.25) is 5.43 Å². The topological polar surface area (TPSA) is 106 Å². The Hall–Kier alpha value is -2.38. The number of nitrogens with zero attached hydrogens (tertiary/aromatic N) is 1. The predicted molar refractivity (Wildman–Crippen MR) is 111 cm³/mol. The van der Waals surface area contributed by atoms with Crippen LogP contribution in [-0.2, 0) is 6.42 Å². The van der Waals surface area contributed by atoms with Crippen LogP contribution in [0.4, 0.5) is 0 Å². The zero-order valence-corrected chi connectivity index (χ0v) is 17.1. The molecule has 2 heterocycles. The first-order valence-corrected chi connectivity index (χ1v) is 11.0. The number of carbonyl (C=O) groups is 1. The van der Waals surface area contributed by atoms with Crippen molar-refractivity contribution in [1.82, 2.24) is 4.57 Å². The number of nitrogens with two attached hydrogens (primary N) is 1. The van der Waals surface area contributed by atoms with Crippen LogP contribution in [0.3, 0.4) is 0 Å². The van der Waals surface area contributed by atoms with E-state index in [9.17, 15) is 19.8 Å². The van der Waals surface area contributed by atoms with Crippen LogP contribution in [0.25, 0.3) is 11.3 Å². The molecular formula is C22H24N2O4S. The molecule has 152 valence electrons. The van der Waals surface area contributed by atoms with E-state index < -0.39 is 17.5 Å². The van der Waals surface area contributed by atoms with Gasteiger partial charge in [0.1, 0.15) is 5.56 Å². The maximum Gasteiger partial charge on any atom is 0.341 e. The number of aliphatic hydroxyl groups excluding tert-OH is 1. The number of aryl methyl sites for hydroxylation is 1. The lowest BCUT2D eigenvalue weighted by Crippen LogP contribution is -2.53. The van der Waals surface area contributed by atoms with Gasteiger partial charge in [-0.15, -0.1) is 11.3 Å². The number of thiophene rings is 1. The fourth-order valence-electron chi connectivity index (χ4n) is 4.81. The van der Waals surface area contributed by atoms with Crippen molar-refractivity contribution >= 4 is 28.6 Å². The van der Waals surface area contributed by atoms with E-state index in [2.05, 4.69) is 6.07 Å². The van der Waals surface area contributed by atoms with E-state index >= 15 is 0 Å². The molecular weight excluding hydrogens is 388 g/mol. The number of aliphatic hydroxyl groups is 1. The SMILES string of the molecule is CC1=c2c(c(=O)c(C(=O)O)cn2C2CC2)=C(N)CC1c1cc2c(s1)C(O)CCC2. The van der Waals surface area contributed by atoms with E-state index in [0.717, 1.165) is 47.9 Å². The molecule has 6 nitrogen and oxygen atoms in total. The Kier molecular flexibility index (Phi) is 4.22. The highest BCUT2D eigenvalue weighted by atomic mass is 32.1. The van der Waals surface area contributed by atoms with Crippen LogP contribution in [0.15, 0.2) is 17.1 Å². The summed E-state index contributed by atoms with van der Waals surface area (Å²) in [6.07, 6.45) is 6.35. The number of carboxylic acids is 1. The lowest BCUT2D eigenvalue weighted by atomic mass is 9.87. The second-order valence-corrected chi connectivity index (χ2v) is 9.57. The molecule has 2 aromatic heterocycles. The van der Waals surface area contributed by atoms with Gasteiger partial charge >= 0.3 is 5.97 Å². The Morgan fingerprint density at radius 1 is 1.31 bits per heavy atom. The number of pyridine rings is 1. The molecule has 0 amide bonds. The molecule has 4 N–H and O–H groups in total. The molecule has 0 radical (unpaired) electrons. The molecule has 5 rings (SSSR count). The molecule has 1 fully saturated rings. The zero-order chi connectivity index (χ0) is 20.4. The number of fused-ring (bicyclic) bond motifs is 2. The summed E-state index contributed by atoms with van der Waals surface area (Å²) < 4.78 is 1.97. The van der Waals surface area contributed by atoms with Gasteiger partial charge in [-0.2, -0.15) is 0 Å². The van der Waals surface area contributed by atoms with Gasteiger partial charge in [0.15, 0.2) is 0 Å². The number of hydrogen-bond donors (Lipinski definition) is 3. The van der Waals surface area contributed by atoms with Crippen LogP contribution in [-0.4, -0.2) is 20.7 Å². The second-order valence-electron chi connectivity index (χ2n) is 8.45. The minimum atomic E-state index is -1.21. The van der Waals surface area contributed by atoms with Crippen molar-refractivity contribution < 1.29 is 15.0 Å². The van der Waals surface area contributed by atoms with Gasteiger partial charge in [-0.3, -0.25) is 4.79 Å². The summed E-state index contributed by atoms with van der Waals surface area (Å²) in [4.78, 5) is 26.8. The summed E-state index contributed by atoms with van der Waals surface area (Å²) >= 11 is 1.65. The lowest BCUT2D eigenvalue weighted by Gasteiger charge is -2.24. The number of carboxylic acid groups (broad SMARTS) is 1. The molecule has 0 spiro atoms. The third-order valence-corrected chi connectivity index (χ3v) is 7.87. The number of aromatic carboxylic acids is 1. The Labute approximate surface area is 171 Å². The van der Waals surface area contributed by atoms with E-state index in [1.54, 1.807) is 11.3 Å². The number of rotatable bonds is 3. The van der Waals surface area contributed by atoms with Crippen LogP contribution in [0, 0.1) is 0 Å². The summed E-state index contributed by atoms with van der Waals surface area (Å²) in [5.74, 6) is -1.16. The smallest absolute Gasteiger partial charge is 0.341 e. The van der Waals surface area contributed by atoms with E-state index in [0.29, 0.717) is 17.3 Å². The predicted octanol–water partition coefficient (Wildman–Crippen LogP) is 1.74. The minimum absolute atomic E-state index is 0.0466. The lowest BCUT2D eigenvalue weighted by molar-refractivity contribution is 0.0694. The highest BCUT2D eigenvalue weighted by Gasteiger charge is 2.32. The van der Waals surface area contributed by atoms with Gasteiger partial charge in [0.25, 0.3) is 0 Å². The van der Waals surface area contributed by atoms with Crippen LogP contribution in [0.2, 0.25) is 0 Å². The molecule has 3 aliphatic rings. The van der Waals surface area contributed by atoms with E-state index in [1.165, 1.54) is 16.6 Å². The summed E-state index contributed by atoms with van der Waals surface area (Å²) in [5, 5.41) is 21.0. The monoisotopic (exact) mass is 412 g/mol. The Bertz CT molecular complexity index is 1220. The Morgan fingerprint density at radius 3 is 2.72 bits per heavy atom. The van der Waals surface area contributed by atoms with Crippen molar-refractivity contribution in [3.8, 4) is 0 Å².